The van der Waals surface area contributed by atoms with E-state index in [1.807, 2.05) is 0 Å². The maximum atomic E-state index is 11.7. The Labute approximate surface area is 102 Å². The van der Waals surface area contributed by atoms with Crippen LogP contribution in [-0.2, 0) is 19.7 Å². The van der Waals surface area contributed by atoms with Gasteiger partial charge in [-0.25, -0.2) is 0 Å². The molecule has 7 heteroatoms. The fourth-order valence-corrected chi connectivity index (χ4v) is 1.57. The van der Waals surface area contributed by atoms with Crippen LogP contribution in [0.25, 0.3) is 0 Å². The van der Waals surface area contributed by atoms with Gasteiger partial charge >= 0.3 is 0 Å². The van der Waals surface area contributed by atoms with E-state index in [1.54, 1.807) is 27.7 Å². The third kappa shape index (κ3) is 5.78. The molecule has 0 aromatic rings. The third-order valence-corrected chi connectivity index (χ3v) is 2.79. The molecule has 0 bridgehead atoms. The number of carbonyl (C=O) groups is 2. The second kappa shape index (κ2) is 6.11. The lowest BCUT2D eigenvalue weighted by molar-refractivity contribution is -0.148. The van der Waals surface area contributed by atoms with E-state index in [2.05, 4.69) is 0 Å². The van der Waals surface area contributed by atoms with Crippen LogP contribution in [0.4, 0.5) is 0 Å². The summed E-state index contributed by atoms with van der Waals surface area (Å²) in [6, 6.07) is 0. The molecule has 0 fully saturated rings. The van der Waals surface area contributed by atoms with Gasteiger partial charge in [0, 0.05) is 18.4 Å². The summed E-state index contributed by atoms with van der Waals surface area (Å²) >= 11 is 0. The summed E-state index contributed by atoms with van der Waals surface area (Å²) in [7, 11) is -4.18. The van der Waals surface area contributed by atoms with E-state index < -0.39 is 39.5 Å². The fourth-order valence-electron chi connectivity index (χ4n) is 1.16. The molecule has 0 aliphatic heterocycles. The van der Waals surface area contributed by atoms with Gasteiger partial charge in [-0.2, -0.15) is 8.42 Å². The molecule has 17 heavy (non-hydrogen) atoms. The molecule has 0 rings (SSSR count). The second-order valence-corrected chi connectivity index (χ2v) is 6.00. The highest BCUT2D eigenvalue weighted by atomic mass is 32.2. The normalized spacial score (nSPS) is 11.9. The molecule has 0 saturated heterocycles. The maximum Gasteiger partial charge on any atom is 0.266 e. The third-order valence-electron chi connectivity index (χ3n) is 2.09. The van der Waals surface area contributed by atoms with Crippen molar-refractivity contribution in [3.8, 4) is 0 Å². The van der Waals surface area contributed by atoms with Crippen molar-refractivity contribution < 1.29 is 22.6 Å². The predicted molar refractivity (Wildman–Crippen MR) is 62.8 cm³/mol. The minimum Gasteiger partial charge on any atom is -0.285 e. The summed E-state index contributed by atoms with van der Waals surface area (Å²) in [6.45, 7) is 6.17. The molecule has 0 aromatic heterocycles. The Balaban J connectivity index is 4.87. The summed E-state index contributed by atoms with van der Waals surface area (Å²) in [5.41, 5.74) is 0. The van der Waals surface area contributed by atoms with Crippen LogP contribution in [0.2, 0.25) is 0 Å². The number of amides is 2. The molecule has 0 spiro atoms. The molecule has 0 aliphatic rings. The second-order valence-electron chi connectivity index (χ2n) is 4.42. The van der Waals surface area contributed by atoms with Crippen molar-refractivity contribution in [3.63, 3.8) is 0 Å². The lowest BCUT2D eigenvalue weighted by atomic mass is 10.1. The van der Waals surface area contributed by atoms with E-state index >= 15 is 0 Å². The molecule has 1 N–H and O–H groups in total. The van der Waals surface area contributed by atoms with Gasteiger partial charge in [0.25, 0.3) is 10.1 Å². The highest BCUT2D eigenvalue weighted by Gasteiger charge is 2.26. The molecule has 0 radical (unpaired) electrons. The summed E-state index contributed by atoms with van der Waals surface area (Å²) in [5, 5.41) is 0. The molecular formula is C10H19NO5S. The molecule has 0 unspecified atom stereocenters. The maximum absolute atomic E-state index is 11.7. The van der Waals surface area contributed by atoms with Crippen LogP contribution in [0.1, 0.15) is 27.7 Å². The van der Waals surface area contributed by atoms with Gasteiger partial charge in [-0.05, 0) is 0 Å². The lowest BCUT2D eigenvalue weighted by Gasteiger charge is -2.23. The lowest BCUT2D eigenvalue weighted by Crippen LogP contribution is -2.44. The van der Waals surface area contributed by atoms with Crippen molar-refractivity contribution in [1.82, 2.24) is 4.90 Å². The monoisotopic (exact) mass is 265 g/mol. The van der Waals surface area contributed by atoms with Crippen LogP contribution >= 0.6 is 0 Å². The molecular weight excluding hydrogens is 246 g/mol. The average Bonchev–Trinajstić information content (AvgIpc) is 2.15. The van der Waals surface area contributed by atoms with Gasteiger partial charge < -0.3 is 0 Å². The van der Waals surface area contributed by atoms with Gasteiger partial charge in [-0.15, -0.1) is 0 Å². The minimum absolute atomic E-state index is 0.313. The zero-order chi connectivity index (χ0) is 13.8. The first-order valence-electron chi connectivity index (χ1n) is 5.36. The first-order valence-corrected chi connectivity index (χ1v) is 6.97. The number of rotatable bonds is 5. The Morgan fingerprint density at radius 1 is 1.06 bits per heavy atom. The zero-order valence-electron chi connectivity index (χ0n) is 10.5. The summed E-state index contributed by atoms with van der Waals surface area (Å²) in [6.07, 6.45) is 0. The number of hydrogen-bond acceptors (Lipinski definition) is 4. The summed E-state index contributed by atoms with van der Waals surface area (Å²) < 4.78 is 29.9. The van der Waals surface area contributed by atoms with E-state index in [-0.39, 0.29) is 6.54 Å². The average molecular weight is 265 g/mol. The van der Waals surface area contributed by atoms with Crippen LogP contribution in [-0.4, -0.2) is 42.0 Å². The predicted octanol–water partition coefficient (Wildman–Crippen LogP) is 0.541. The summed E-state index contributed by atoms with van der Waals surface area (Å²) in [4.78, 5) is 24.4. The molecule has 0 atom stereocenters. The number of hydrogen-bond donors (Lipinski definition) is 1. The van der Waals surface area contributed by atoms with Gasteiger partial charge in [-0.3, -0.25) is 19.0 Å². The van der Waals surface area contributed by atoms with Gasteiger partial charge in [0.1, 0.15) is 0 Å². The topological polar surface area (TPSA) is 91.8 Å². The van der Waals surface area contributed by atoms with Crippen molar-refractivity contribution in [2.24, 2.45) is 11.8 Å². The smallest absolute Gasteiger partial charge is 0.266 e. The number of carbonyl (C=O) groups excluding carboxylic acids is 2. The van der Waals surface area contributed by atoms with Crippen molar-refractivity contribution in [2.75, 3.05) is 12.3 Å². The van der Waals surface area contributed by atoms with E-state index in [4.69, 9.17) is 4.55 Å². The quantitative estimate of drug-likeness (QED) is 0.732. The van der Waals surface area contributed by atoms with Crippen molar-refractivity contribution in [1.29, 1.82) is 0 Å². The SMILES string of the molecule is CC(C)C(=O)N(CCS(=O)(=O)O)C(=O)C(C)C. The number of nitrogens with zero attached hydrogens (tertiary/aromatic N) is 1. The Hall–Kier alpha value is -0.950. The Morgan fingerprint density at radius 3 is 1.65 bits per heavy atom. The van der Waals surface area contributed by atoms with Crippen molar-refractivity contribution in [3.05, 3.63) is 0 Å². The van der Waals surface area contributed by atoms with Gasteiger partial charge in [0.05, 0.1) is 5.75 Å². The van der Waals surface area contributed by atoms with Crippen LogP contribution in [0.5, 0.6) is 0 Å². The van der Waals surface area contributed by atoms with E-state index in [1.165, 1.54) is 0 Å². The minimum atomic E-state index is -4.18. The van der Waals surface area contributed by atoms with Crippen LogP contribution in [0.3, 0.4) is 0 Å². The van der Waals surface area contributed by atoms with E-state index in [9.17, 15) is 18.0 Å². The van der Waals surface area contributed by atoms with Crippen molar-refractivity contribution >= 4 is 21.9 Å². The zero-order valence-corrected chi connectivity index (χ0v) is 11.3. The first kappa shape index (κ1) is 16.1. The highest BCUT2D eigenvalue weighted by molar-refractivity contribution is 7.85. The first-order chi connectivity index (χ1) is 7.56. The molecule has 0 aliphatic carbocycles. The Kier molecular flexibility index (Phi) is 5.77. The molecule has 100 valence electrons. The number of imide groups is 1. The summed E-state index contributed by atoms with van der Waals surface area (Å²) in [5.74, 6) is -2.32. The van der Waals surface area contributed by atoms with E-state index in [0.717, 1.165) is 4.90 Å². The standard InChI is InChI=1S/C10H19NO5S/c1-7(2)9(12)11(10(13)8(3)4)5-6-17(14,15)16/h7-8H,5-6H2,1-4H3,(H,14,15,16). The molecule has 0 aromatic carbocycles. The fraction of sp³-hybridized carbons (Fsp3) is 0.800. The van der Waals surface area contributed by atoms with Gasteiger partial charge in [-0.1, -0.05) is 27.7 Å². The molecule has 6 nitrogen and oxygen atoms in total. The Bertz CT molecular complexity index is 366. The van der Waals surface area contributed by atoms with E-state index in [0.29, 0.717) is 0 Å². The van der Waals surface area contributed by atoms with Crippen LogP contribution < -0.4 is 0 Å². The highest BCUT2D eigenvalue weighted by Crippen LogP contribution is 2.08. The van der Waals surface area contributed by atoms with Gasteiger partial charge in [0.15, 0.2) is 0 Å². The molecule has 0 heterocycles. The van der Waals surface area contributed by atoms with Crippen LogP contribution in [0, 0.1) is 11.8 Å². The van der Waals surface area contributed by atoms with Crippen molar-refractivity contribution in [2.45, 2.75) is 27.7 Å². The van der Waals surface area contributed by atoms with Crippen LogP contribution in [0.15, 0.2) is 0 Å². The molecule has 0 saturated carbocycles. The largest absolute Gasteiger partial charge is 0.285 e. The molecule has 2 amide bonds. The van der Waals surface area contributed by atoms with Gasteiger partial charge in [0.2, 0.25) is 11.8 Å². The Morgan fingerprint density at radius 2 is 1.41 bits per heavy atom.